The van der Waals surface area contributed by atoms with Gasteiger partial charge in [-0.1, -0.05) is 54.2 Å². The third-order valence-corrected chi connectivity index (χ3v) is 6.76. The van der Waals surface area contributed by atoms with Gasteiger partial charge in [-0.3, -0.25) is 9.36 Å². The van der Waals surface area contributed by atoms with Crippen molar-refractivity contribution in [3.8, 4) is 22.8 Å². The molecule has 4 aromatic rings. The molecular formula is C29H32N6O2S. The Morgan fingerprint density at radius 1 is 0.974 bits per heavy atom. The number of carbonyl (C=O) groups is 1. The van der Waals surface area contributed by atoms with Crippen LogP contribution in [-0.2, 0) is 4.79 Å². The van der Waals surface area contributed by atoms with Crippen LogP contribution >= 0.6 is 11.8 Å². The third-order valence-electron chi connectivity index (χ3n) is 5.83. The number of nitrogens with zero attached hydrogens (tertiary/aromatic N) is 5. The van der Waals surface area contributed by atoms with E-state index in [0.717, 1.165) is 35.7 Å². The van der Waals surface area contributed by atoms with Crippen molar-refractivity contribution in [1.82, 2.24) is 20.2 Å². The van der Waals surface area contributed by atoms with E-state index >= 15 is 0 Å². The van der Waals surface area contributed by atoms with Gasteiger partial charge in [0.25, 0.3) is 5.91 Å². The molecule has 0 spiro atoms. The molecule has 9 heteroatoms. The molecule has 0 atom stereocenters. The zero-order valence-corrected chi connectivity index (χ0v) is 22.7. The second kappa shape index (κ2) is 13.4. The normalized spacial score (nSPS) is 11.0. The van der Waals surface area contributed by atoms with Crippen LogP contribution in [-0.4, -0.2) is 52.3 Å². The van der Waals surface area contributed by atoms with Crippen LogP contribution in [0.3, 0.4) is 0 Å². The number of carbonyl (C=O) groups excluding carboxylic acids is 1. The lowest BCUT2D eigenvalue weighted by molar-refractivity contribution is -0.118. The molecule has 0 aliphatic heterocycles. The maximum absolute atomic E-state index is 12.5. The highest BCUT2D eigenvalue weighted by Gasteiger charge is 2.17. The zero-order chi connectivity index (χ0) is 26.7. The van der Waals surface area contributed by atoms with Crippen LogP contribution < -0.4 is 15.1 Å². The predicted octanol–water partition coefficient (Wildman–Crippen LogP) is 5.42. The summed E-state index contributed by atoms with van der Waals surface area (Å²) in [6, 6.07) is 25.7. The zero-order valence-electron chi connectivity index (χ0n) is 21.9. The minimum Gasteiger partial charge on any atom is -0.494 e. The summed E-state index contributed by atoms with van der Waals surface area (Å²) in [5, 5.41) is 13.5. The molecule has 0 fully saturated rings. The molecule has 0 radical (unpaired) electrons. The fourth-order valence-corrected chi connectivity index (χ4v) is 4.67. The monoisotopic (exact) mass is 528 g/mol. The summed E-state index contributed by atoms with van der Waals surface area (Å²) in [7, 11) is 0. The van der Waals surface area contributed by atoms with E-state index in [1.54, 1.807) is 6.21 Å². The number of hydrogen-bond acceptors (Lipinski definition) is 7. The van der Waals surface area contributed by atoms with Gasteiger partial charge in [-0.2, -0.15) is 5.10 Å². The average Bonchev–Trinajstić information content (AvgIpc) is 3.38. The van der Waals surface area contributed by atoms with E-state index in [2.05, 4.69) is 51.6 Å². The van der Waals surface area contributed by atoms with Crippen LogP contribution in [0.15, 0.2) is 89.1 Å². The van der Waals surface area contributed by atoms with Gasteiger partial charge in [0.1, 0.15) is 5.75 Å². The van der Waals surface area contributed by atoms with E-state index in [0.29, 0.717) is 17.6 Å². The molecule has 0 unspecified atom stereocenters. The van der Waals surface area contributed by atoms with Crippen LogP contribution in [0.5, 0.6) is 5.75 Å². The minimum absolute atomic E-state index is 0.141. The number of thioether (sulfide) groups is 1. The fraction of sp³-hybridized carbons (Fsp3) is 0.241. The highest BCUT2D eigenvalue weighted by Crippen LogP contribution is 2.28. The topological polar surface area (TPSA) is 84.6 Å². The predicted molar refractivity (Wildman–Crippen MR) is 154 cm³/mol. The SMILES string of the molecule is CCOc1ccc(-n2c(SCC(=O)N/N=C/c3ccc(N(CC)CC)cc3)nnc2-c2ccccc2)cc1. The molecule has 0 aliphatic carbocycles. The highest BCUT2D eigenvalue weighted by molar-refractivity contribution is 7.99. The van der Waals surface area contributed by atoms with Crippen molar-refractivity contribution >= 4 is 29.6 Å². The number of nitrogens with one attached hydrogen (secondary N) is 1. The molecule has 0 aliphatic rings. The molecule has 0 bridgehead atoms. The van der Waals surface area contributed by atoms with Crippen molar-refractivity contribution in [2.24, 2.45) is 5.10 Å². The molecule has 0 saturated carbocycles. The second-order valence-electron chi connectivity index (χ2n) is 8.28. The molecule has 0 saturated heterocycles. The largest absolute Gasteiger partial charge is 0.494 e. The highest BCUT2D eigenvalue weighted by atomic mass is 32.2. The number of benzene rings is 3. The van der Waals surface area contributed by atoms with Crippen molar-refractivity contribution in [3.05, 3.63) is 84.4 Å². The Labute approximate surface area is 227 Å². The van der Waals surface area contributed by atoms with Crippen LogP contribution in [0.2, 0.25) is 0 Å². The number of rotatable bonds is 12. The molecular weight excluding hydrogens is 496 g/mol. The minimum atomic E-state index is -0.228. The van der Waals surface area contributed by atoms with E-state index in [9.17, 15) is 4.79 Å². The first-order valence-electron chi connectivity index (χ1n) is 12.7. The van der Waals surface area contributed by atoms with Crippen LogP contribution in [0.25, 0.3) is 17.1 Å². The number of anilines is 1. The van der Waals surface area contributed by atoms with Crippen molar-refractivity contribution in [3.63, 3.8) is 0 Å². The van der Waals surface area contributed by atoms with E-state index in [1.165, 1.54) is 17.4 Å². The number of hydrogen-bond donors (Lipinski definition) is 1. The Bertz CT molecular complexity index is 1330. The molecule has 1 heterocycles. The van der Waals surface area contributed by atoms with Gasteiger partial charge < -0.3 is 9.64 Å². The first-order valence-corrected chi connectivity index (χ1v) is 13.6. The molecule has 1 amide bonds. The van der Waals surface area contributed by atoms with Crippen molar-refractivity contribution in [2.45, 2.75) is 25.9 Å². The number of ether oxygens (including phenoxy) is 1. The lowest BCUT2D eigenvalue weighted by Crippen LogP contribution is -2.21. The van der Waals surface area contributed by atoms with E-state index in [-0.39, 0.29) is 11.7 Å². The van der Waals surface area contributed by atoms with E-state index in [4.69, 9.17) is 4.74 Å². The Kier molecular flexibility index (Phi) is 9.53. The van der Waals surface area contributed by atoms with Gasteiger partial charge in [-0.25, -0.2) is 5.43 Å². The van der Waals surface area contributed by atoms with Crippen molar-refractivity contribution < 1.29 is 9.53 Å². The van der Waals surface area contributed by atoms with Crippen LogP contribution in [0, 0.1) is 0 Å². The van der Waals surface area contributed by atoms with Gasteiger partial charge in [0, 0.05) is 30.0 Å². The third kappa shape index (κ3) is 6.80. The Balaban J connectivity index is 1.44. The van der Waals surface area contributed by atoms with Crippen LogP contribution in [0.1, 0.15) is 26.3 Å². The Morgan fingerprint density at radius 3 is 2.34 bits per heavy atom. The van der Waals surface area contributed by atoms with Gasteiger partial charge in [0.2, 0.25) is 0 Å². The van der Waals surface area contributed by atoms with E-state index < -0.39 is 0 Å². The van der Waals surface area contributed by atoms with Gasteiger partial charge in [0.15, 0.2) is 11.0 Å². The summed E-state index contributed by atoms with van der Waals surface area (Å²) in [5.74, 6) is 1.40. The standard InChI is InChI=1S/C29H32N6O2S/c1-4-34(5-2)24-14-12-22(13-15-24)20-30-31-27(36)21-38-29-33-32-28(23-10-8-7-9-11-23)35(29)25-16-18-26(19-17-25)37-6-3/h7-20H,4-6,21H2,1-3H3,(H,31,36)/b30-20+. The van der Waals surface area contributed by atoms with Crippen molar-refractivity contribution in [1.29, 1.82) is 0 Å². The average molecular weight is 529 g/mol. The molecule has 8 nitrogen and oxygen atoms in total. The molecule has 3 aromatic carbocycles. The lowest BCUT2D eigenvalue weighted by Gasteiger charge is -2.20. The molecule has 1 aromatic heterocycles. The Hall–Kier alpha value is -4.11. The summed E-state index contributed by atoms with van der Waals surface area (Å²) < 4.78 is 7.53. The van der Waals surface area contributed by atoms with Gasteiger partial charge in [-0.15, -0.1) is 10.2 Å². The summed E-state index contributed by atoms with van der Waals surface area (Å²) in [6.07, 6.45) is 1.64. The smallest absolute Gasteiger partial charge is 0.250 e. The maximum atomic E-state index is 12.5. The molecule has 4 rings (SSSR count). The molecule has 1 N–H and O–H groups in total. The second-order valence-corrected chi connectivity index (χ2v) is 9.22. The van der Waals surface area contributed by atoms with Gasteiger partial charge in [0.05, 0.1) is 18.6 Å². The van der Waals surface area contributed by atoms with Gasteiger partial charge in [-0.05, 0) is 62.7 Å². The van der Waals surface area contributed by atoms with E-state index in [1.807, 2.05) is 78.2 Å². The van der Waals surface area contributed by atoms with Crippen LogP contribution in [0.4, 0.5) is 5.69 Å². The number of hydrazone groups is 1. The quantitative estimate of drug-likeness (QED) is 0.150. The number of amides is 1. The summed E-state index contributed by atoms with van der Waals surface area (Å²) in [4.78, 5) is 14.8. The lowest BCUT2D eigenvalue weighted by atomic mass is 10.2. The Morgan fingerprint density at radius 2 is 1.68 bits per heavy atom. The fourth-order valence-electron chi connectivity index (χ4n) is 3.93. The van der Waals surface area contributed by atoms with Crippen molar-refractivity contribution in [2.75, 3.05) is 30.3 Å². The molecule has 196 valence electrons. The maximum Gasteiger partial charge on any atom is 0.250 e. The summed E-state index contributed by atoms with van der Waals surface area (Å²) in [6.45, 7) is 8.73. The van der Waals surface area contributed by atoms with Gasteiger partial charge >= 0.3 is 0 Å². The number of aromatic nitrogens is 3. The first kappa shape index (κ1) is 26.9. The first-order chi connectivity index (χ1) is 18.6. The summed E-state index contributed by atoms with van der Waals surface area (Å²) >= 11 is 1.30. The molecule has 38 heavy (non-hydrogen) atoms. The summed E-state index contributed by atoms with van der Waals surface area (Å²) in [5.41, 5.74) is 6.50.